The minimum absolute atomic E-state index is 0.0987. The molecule has 3 amide bonds. The number of imide groups is 1. The van der Waals surface area contributed by atoms with Gasteiger partial charge in [-0.25, -0.2) is 4.98 Å². The smallest absolute Gasteiger partial charge is 0.269 e. The zero-order valence-electron chi connectivity index (χ0n) is 19.4. The average Bonchev–Trinajstić information content (AvgIpc) is 3.69. The van der Waals surface area contributed by atoms with Crippen molar-refractivity contribution in [3.8, 4) is 0 Å². The highest BCUT2D eigenvalue weighted by Gasteiger charge is 2.34. The number of carbonyl (C=O) groups excluding carboxylic acids is 3. The van der Waals surface area contributed by atoms with Gasteiger partial charge in [0.25, 0.3) is 17.7 Å². The van der Waals surface area contributed by atoms with Crippen LogP contribution in [-0.4, -0.2) is 78.3 Å². The van der Waals surface area contributed by atoms with Crippen LogP contribution in [-0.2, 0) is 0 Å². The minimum atomic E-state index is -0.185. The molecule has 1 aromatic carbocycles. The van der Waals surface area contributed by atoms with Crippen LogP contribution >= 0.6 is 0 Å². The second-order valence-electron chi connectivity index (χ2n) is 9.38. The third kappa shape index (κ3) is 4.97. The number of rotatable bonds is 8. The Morgan fingerprint density at radius 2 is 1.68 bits per heavy atom. The summed E-state index contributed by atoms with van der Waals surface area (Å²) in [4.78, 5) is 48.1. The Labute approximate surface area is 199 Å². The molecule has 5 rings (SSSR count). The van der Waals surface area contributed by atoms with Crippen molar-refractivity contribution in [1.29, 1.82) is 0 Å². The molecule has 1 aliphatic carbocycles. The number of aromatic nitrogens is 1. The maximum atomic E-state index is 12.5. The van der Waals surface area contributed by atoms with Gasteiger partial charge in [-0.3, -0.25) is 19.3 Å². The number of nitrogens with zero attached hydrogens (tertiary/aromatic N) is 4. The van der Waals surface area contributed by atoms with Crippen LogP contribution in [0, 0.1) is 5.92 Å². The van der Waals surface area contributed by atoms with Crippen LogP contribution in [0.15, 0.2) is 42.5 Å². The summed E-state index contributed by atoms with van der Waals surface area (Å²) in [6, 6.07) is 12.7. The summed E-state index contributed by atoms with van der Waals surface area (Å²) in [7, 11) is 0. The molecule has 1 saturated carbocycles. The number of fused-ring (bicyclic) bond motifs is 1. The van der Waals surface area contributed by atoms with Gasteiger partial charge in [0.05, 0.1) is 11.1 Å². The lowest BCUT2D eigenvalue weighted by Crippen LogP contribution is -2.35. The van der Waals surface area contributed by atoms with Crippen molar-refractivity contribution < 1.29 is 14.4 Å². The Hall–Kier alpha value is -3.26. The van der Waals surface area contributed by atoms with E-state index in [2.05, 4.69) is 20.1 Å². The normalized spacial score (nSPS) is 18.7. The number of pyridine rings is 1. The van der Waals surface area contributed by atoms with Gasteiger partial charge in [0.1, 0.15) is 11.5 Å². The molecule has 2 fully saturated rings. The predicted molar refractivity (Wildman–Crippen MR) is 129 cm³/mol. The summed E-state index contributed by atoms with van der Waals surface area (Å²) < 4.78 is 0. The van der Waals surface area contributed by atoms with Crippen LogP contribution in [0.2, 0.25) is 0 Å². The molecule has 1 N–H and O–H groups in total. The van der Waals surface area contributed by atoms with Crippen molar-refractivity contribution in [2.24, 2.45) is 5.92 Å². The number of anilines is 1. The van der Waals surface area contributed by atoms with Crippen molar-refractivity contribution in [2.75, 3.05) is 50.7 Å². The summed E-state index contributed by atoms with van der Waals surface area (Å²) in [6.07, 6.45) is 4.15. The molecule has 2 aromatic rings. The minimum Gasteiger partial charge on any atom is -0.355 e. The van der Waals surface area contributed by atoms with Gasteiger partial charge < -0.3 is 15.1 Å². The summed E-state index contributed by atoms with van der Waals surface area (Å²) in [5, 5.41) is 2.99. The zero-order valence-corrected chi connectivity index (χ0v) is 19.4. The quantitative estimate of drug-likeness (QED) is 0.608. The summed E-state index contributed by atoms with van der Waals surface area (Å²) in [5.74, 6) is 1.01. The molecule has 0 unspecified atom stereocenters. The van der Waals surface area contributed by atoms with E-state index in [9.17, 15) is 14.4 Å². The number of nitrogens with one attached hydrogen (secondary N) is 1. The van der Waals surface area contributed by atoms with E-state index in [1.165, 1.54) is 17.7 Å². The summed E-state index contributed by atoms with van der Waals surface area (Å²) in [5.41, 5.74) is 1.49. The largest absolute Gasteiger partial charge is 0.355 e. The Morgan fingerprint density at radius 1 is 0.912 bits per heavy atom. The van der Waals surface area contributed by atoms with Crippen molar-refractivity contribution in [3.63, 3.8) is 0 Å². The van der Waals surface area contributed by atoms with Crippen LogP contribution in [0.1, 0.15) is 56.9 Å². The molecule has 0 bridgehead atoms. The molecular weight excluding hydrogens is 430 g/mol. The van der Waals surface area contributed by atoms with Crippen LogP contribution in [0.25, 0.3) is 0 Å². The lowest BCUT2D eigenvalue weighted by molar-refractivity contribution is 0.0647. The lowest BCUT2D eigenvalue weighted by atomic mass is 10.1. The number of hydrogen-bond donors (Lipinski definition) is 1. The van der Waals surface area contributed by atoms with Gasteiger partial charge in [-0.2, -0.15) is 0 Å². The number of hydrogen-bond acceptors (Lipinski definition) is 6. The fraction of sp³-hybridized carbons (Fsp3) is 0.462. The van der Waals surface area contributed by atoms with E-state index < -0.39 is 0 Å². The van der Waals surface area contributed by atoms with Gasteiger partial charge in [-0.05, 0) is 69.0 Å². The molecule has 1 aromatic heterocycles. The van der Waals surface area contributed by atoms with E-state index in [-0.39, 0.29) is 17.7 Å². The third-order valence-electron chi connectivity index (χ3n) is 6.86. The molecule has 0 atom stereocenters. The molecule has 3 heterocycles. The number of benzene rings is 1. The zero-order chi connectivity index (χ0) is 23.5. The van der Waals surface area contributed by atoms with Crippen molar-refractivity contribution in [1.82, 2.24) is 20.1 Å². The first-order valence-electron chi connectivity index (χ1n) is 12.3. The molecule has 8 nitrogen and oxygen atoms in total. The van der Waals surface area contributed by atoms with Gasteiger partial charge in [0, 0.05) is 32.7 Å². The topological polar surface area (TPSA) is 85.9 Å². The first-order chi connectivity index (χ1) is 16.6. The average molecular weight is 462 g/mol. The molecule has 3 aliphatic rings. The SMILES string of the molecule is O=C(NCC1CC1)c1cccc(N2CCCN(CCCN3C(=O)c4ccccc4C3=O)CC2)n1. The highest BCUT2D eigenvalue weighted by atomic mass is 16.2. The fourth-order valence-electron chi connectivity index (χ4n) is 4.69. The highest BCUT2D eigenvalue weighted by molar-refractivity contribution is 6.21. The molecule has 34 heavy (non-hydrogen) atoms. The second kappa shape index (κ2) is 9.93. The Kier molecular flexibility index (Phi) is 6.58. The van der Waals surface area contributed by atoms with Crippen molar-refractivity contribution in [2.45, 2.75) is 25.7 Å². The third-order valence-corrected chi connectivity index (χ3v) is 6.86. The Balaban J connectivity index is 1.11. The maximum Gasteiger partial charge on any atom is 0.269 e. The molecule has 0 radical (unpaired) electrons. The standard InChI is InChI=1S/C26H31N5O3/c32-24(27-18-19-10-11-19)22-8-3-9-23(28-22)30-14-4-12-29(16-17-30)13-5-15-31-25(33)20-6-1-2-7-21(20)26(31)34/h1-3,6-9,19H,4-5,10-18H2,(H,27,32). The second-order valence-corrected chi connectivity index (χ2v) is 9.38. The van der Waals surface area contributed by atoms with Crippen LogP contribution < -0.4 is 10.2 Å². The first kappa shape index (κ1) is 22.5. The number of carbonyl (C=O) groups is 3. The monoisotopic (exact) mass is 461 g/mol. The molecule has 1 saturated heterocycles. The molecule has 178 valence electrons. The summed E-state index contributed by atoms with van der Waals surface area (Å²) >= 11 is 0. The molecule has 0 spiro atoms. The number of amides is 3. The molecular formula is C26H31N5O3. The highest BCUT2D eigenvalue weighted by Crippen LogP contribution is 2.27. The lowest BCUT2D eigenvalue weighted by Gasteiger charge is -2.23. The predicted octanol–water partition coefficient (Wildman–Crippen LogP) is 2.42. The van der Waals surface area contributed by atoms with E-state index in [0.29, 0.717) is 29.3 Å². The van der Waals surface area contributed by atoms with Gasteiger partial charge in [0.2, 0.25) is 0 Å². The first-order valence-corrected chi connectivity index (χ1v) is 12.3. The van der Waals surface area contributed by atoms with Crippen molar-refractivity contribution >= 4 is 23.5 Å². The van der Waals surface area contributed by atoms with Gasteiger partial charge in [-0.15, -0.1) is 0 Å². The fourth-order valence-corrected chi connectivity index (χ4v) is 4.69. The van der Waals surface area contributed by atoms with E-state index in [1.807, 2.05) is 12.1 Å². The molecule has 2 aliphatic heterocycles. The van der Waals surface area contributed by atoms with E-state index in [4.69, 9.17) is 0 Å². The Morgan fingerprint density at radius 3 is 2.41 bits per heavy atom. The van der Waals surface area contributed by atoms with Crippen LogP contribution in [0.4, 0.5) is 5.82 Å². The van der Waals surface area contributed by atoms with Crippen LogP contribution in [0.5, 0.6) is 0 Å². The van der Waals surface area contributed by atoms with E-state index >= 15 is 0 Å². The van der Waals surface area contributed by atoms with Gasteiger partial charge >= 0.3 is 0 Å². The van der Waals surface area contributed by atoms with Crippen molar-refractivity contribution in [3.05, 3.63) is 59.3 Å². The maximum absolute atomic E-state index is 12.5. The van der Waals surface area contributed by atoms with E-state index in [0.717, 1.165) is 57.9 Å². The van der Waals surface area contributed by atoms with Crippen LogP contribution in [0.3, 0.4) is 0 Å². The van der Waals surface area contributed by atoms with E-state index in [1.54, 1.807) is 30.3 Å². The summed E-state index contributed by atoms with van der Waals surface area (Å²) in [6.45, 7) is 5.55. The molecule has 8 heteroatoms. The van der Waals surface area contributed by atoms with Gasteiger partial charge in [0.15, 0.2) is 0 Å². The Bertz CT molecular complexity index is 1050. The van der Waals surface area contributed by atoms with Gasteiger partial charge in [-0.1, -0.05) is 18.2 Å².